The van der Waals surface area contributed by atoms with Crippen LogP contribution in [0.1, 0.15) is 12.8 Å². The lowest BCUT2D eigenvalue weighted by Gasteiger charge is -2.12. The first kappa shape index (κ1) is 12.9. The normalized spacial score (nSPS) is 25.0. The van der Waals surface area contributed by atoms with Crippen LogP contribution in [0.5, 0.6) is 0 Å². The number of rotatable bonds is 1. The van der Waals surface area contributed by atoms with Crippen molar-refractivity contribution in [1.82, 2.24) is 0 Å². The summed E-state index contributed by atoms with van der Waals surface area (Å²) >= 11 is 0. The molecule has 1 rings (SSSR count). The Bertz CT molecular complexity index is 524. The van der Waals surface area contributed by atoms with Crippen LogP contribution in [0.3, 0.4) is 0 Å². The lowest BCUT2D eigenvalue weighted by atomic mass is 10.3. The molecule has 0 radical (unpaired) electrons. The van der Waals surface area contributed by atoms with Crippen molar-refractivity contribution >= 4 is 25.6 Å². The Balaban J connectivity index is 3.61. The Morgan fingerprint density at radius 1 is 1.06 bits per heavy atom. The second kappa shape index (κ2) is 3.70. The van der Waals surface area contributed by atoms with Crippen LogP contribution in [-0.4, -0.2) is 27.3 Å². The van der Waals surface area contributed by atoms with E-state index in [1.165, 1.54) is 0 Å². The van der Waals surface area contributed by atoms with Gasteiger partial charge in [-0.25, -0.2) is 16.8 Å². The molecule has 1 aliphatic rings. The van der Waals surface area contributed by atoms with Crippen LogP contribution < -0.4 is 5.73 Å². The van der Waals surface area contributed by atoms with E-state index in [1.807, 2.05) is 0 Å². The minimum Gasteiger partial charge on any atom is -0.368 e. The van der Waals surface area contributed by atoms with Crippen molar-refractivity contribution in [2.45, 2.75) is 17.4 Å². The van der Waals surface area contributed by atoms with Crippen molar-refractivity contribution < 1.29 is 21.6 Å². The SMILES string of the molecule is C=C1CCC(=C)S(=O)(=O)C(C(N)=O)S1(=O)=O. The van der Waals surface area contributed by atoms with Gasteiger partial charge in [-0.2, -0.15) is 0 Å². The van der Waals surface area contributed by atoms with E-state index < -0.39 is 30.2 Å². The summed E-state index contributed by atoms with van der Waals surface area (Å²) in [6, 6.07) is 0. The highest BCUT2D eigenvalue weighted by Gasteiger charge is 2.47. The maximum Gasteiger partial charge on any atom is 0.252 e. The molecule has 0 saturated carbocycles. The maximum atomic E-state index is 11.7. The zero-order valence-corrected chi connectivity index (χ0v) is 9.97. The van der Waals surface area contributed by atoms with Gasteiger partial charge in [-0.3, -0.25) is 4.79 Å². The van der Waals surface area contributed by atoms with E-state index in [0.29, 0.717) is 0 Å². The lowest BCUT2D eigenvalue weighted by molar-refractivity contribution is -0.116. The third-order valence-corrected chi connectivity index (χ3v) is 7.41. The van der Waals surface area contributed by atoms with E-state index in [0.717, 1.165) is 0 Å². The number of amides is 1. The second-order valence-electron chi connectivity index (χ2n) is 3.40. The van der Waals surface area contributed by atoms with Crippen LogP contribution in [0.15, 0.2) is 23.0 Å². The zero-order valence-electron chi connectivity index (χ0n) is 8.34. The van der Waals surface area contributed by atoms with Crippen LogP contribution in [0.4, 0.5) is 0 Å². The largest absolute Gasteiger partial charge is 0.368 e. The molecule has 1 heterocycles. The number of sulfone groups is 2. The molecule has 1 amide bonds. The molecule has 0 aromatic carbocycles. The van der Waals surface area contributed by atoms with Crippen LogP contribution >= 0.6 is 0 Å². The molecule has 0 spiro atoms. The van der Waals surface area contributed by atoms with Crippen LogP contribution in [0.25, 0.3) is 0 Å². The molecule has 0 aromatic rings. The summed E-state index contributed by atoms with van der Waals surface area (Å²) in [7, 11) is -8.59. The quantitative estimate of drug-likeness (QED) is 0.683. The fourth-order valence-electron chi connectivity index (χ4n) is 1.34. The van der Waals surface area contributed by atoms with Crippen LogP contribution in [0.2, 0.25) is 0 Å². The molecule has 0 unspecified atom stereocenters. The van der Waals surface area contributed by atoms with Crippen molar-refractivity contribution in [2.75, 3.05) is 0 Å². The van der Waals surface area contributed by atoms with E-state index in [4.69, 9.17) is 5.73 Å². The highest BCUT2D eigenvalue weighted by molar-refractivity contribution is 8.13. The molecular formula is C8H11NO5S2. The van der Waals surface area contributed by atoms with Crippen molar-refractivity contribution in [3.05, 3.63) is 23.0 Å². The van der Waals surface area contributed by atoms with Gasteiger partial charge in [-0.15, -0.1) is 0 Å². The van der Waals surface area contributed by atoms with Crippen molar-refractivity contribution in [2.24, 2.45) is 5.73 Å². The minimum absolute atomic E-state index is 0.0653. The van der Waals surface area contributed by atoms with Gasteiger partial charge in [-0.1, -0.05) is 13.2 Å². The molecule has 0 aromatic heterocycles. The third-order valence-electron chi connectivity index (χ3n) is 2.28. The van der Waals surface area contributed by atoms with E-state index in [-0.39, 0.29) is 22.7 Å². The molecule has 0 atom stereocenters. The smallest absolute Gasteiger partial charge is 0.252 e. The maximum absolute atomic E-state index is 11.7. The fraction of sp³-hybridized carbons (Fsp3) is 0.375. The van der Waals surface area contributed by atoms with E-state index >= 15 is 0 Å². The van der Waals surface area contributed by atoms with Gasteiger partial charge in [-0.05, 0) is 12.8 Å². The van der Waals surface area contributed by atoms with Gasteiger partial charge in [0.05, 0.1) is 0 Å². The molecule has 1 fully saturated rings. The number of carbonyl (C=O) groups excluding carboxylic acids is 1. The Morgan fingerprint density at radius 3 is 1.62 bits per heavy atom. The number of hydrogen-bond donors (Lipinski definition) is 1. The number of primary amides is 1. The molecule has 90 valence electrons. The molecular weight excluding hydrogens is 254 g/mol. The van der Waals surface area contributed by atoms with E-state index in [2.05, 4.69) is 13.2 Å². The summed E-state index contributed by atoms with van der Waals surface area (Å²) < 4.78 is 44.6. The standard InChI is InChI=1S/C8H11NO5S2/c1-5-3-4-6(2)16(13,14)8(7(9)10)15(5,11)12/h8H,1-4H2,(H2,9,10). The first-order chi connectivity index (χ1) is 7.11. The van der Waals surface area contributed by atoms with E-state index in [1.54, 1.807) is 0 Å². The van der Waals surface area contributed by atoms with Gasteiger partial charge in [0.15, 0.2) is 0 Å². The molecule has 0 bridgehead atoms. The third kappa shape index (κ3) is 1.78. The summed E-state index contributed by atoms with van der Waals surface area (Å²) in [5, 5.41) is 0. The molecule has 0 aliphatic carbocycles. The Morgan fingerprint density at radius 2 is 1.38 bits per heavy atom. The fourth-order valence-corrected chi connectivity index (χ4v) is 5.48. The summed E-state index contributed by atoms with van der Waals surface area (Å²) in [5.41, 5.74) is 4.83. The minimum atomic E-state index is -4.30. The molecule has 8 heteroatoms. The van der Waals surface area contributed by atoms with Gasteiger partial charge in [0.25, 0.3) is 5.91 Å². The first-order valence-electron chi connectivity index (χ1n) is 4.24. The van der Waals surface area contributed by atoms with Gasteiger partial charge < -0.3 is 5.73 Å². The highest BCUT2D eigenvalue weighted by Crippen LogP contribution is 2.31. The average Bonchev–Trinajstić information content (AvgIpc) is 2.15. The van der Waals surface area contributed by atoms with Gasteiger partial charge >= 0.3 is 0 Å². The van der Waals surface area contributed by atoms with Crippen molar-refractivity contribution in [1.29, 1.82) is 0 Å². The Labute approximate surface area is 93.7 Å². The molecule has 1 aliphatic heterocycles. The van der Waals surface area contributed by atoms with Crippen LogP contribution in [-0.2, 0) is 24.5 Å². The van der Waals surface area contributed by atoms with Gasteiger partial charge in [0, 0.05) is 9.81 Å². The monoisotopic (exact) mass is 265 g/mol. The number of allylic oxidation sites excluding steroid dienone is 2. The van der Waals surface area contributed by atoms with Crippen molar-refractivity contribution in [3.63, 3.8) is 0 Å². The zero-order chi connectivity index (χ0) is 12.7. The predicted octanol–water partition coefficient (Wildman–Crippen LogP) is -0.551. The summed E-state index contributed by atoms with van der Waals surface area (Å²) in [6.07, 6.45) is -0.131. The lowest BCUT2D eigenvalue weighted by Crippen LogP contribution is -2.41. The number of hydrogen-bond acceptors (Lipinski definition) is 5. The molecule has 16 heavy (non-hydrogen) atoms. The Kier molecular flexibility index (Phi) is 2.99. The molecule has 1 saturated heterocycles. The summed E-state index contributed by atoms with van der Waals surface area (Å²) in [4.78, 5) is 10.4. The average molecular weight is 265 g/mol. The van der Waals surface area contributed by atoms with Gasteiger partial charge in [0.2, 0.25) is 24.3 Å². The van der Waals surface area contributed by atoms with Gasteiger partial charge in [0.1, 0.15) is 0 Å². The Hall–Kier alpha value is -1.15. The molecule has 2 N–H and O–H groups in total. The van der Waals surface area contributed by atoms with Crippen LogP contribution in [0, 0.1) is 0 Å². The second-order valence-corrected chi connectivity index (χ2v) is 7.98. The summed E-state index contributed by atoms with van der Waals surface area (Å²) in [5.74, 6) is -1.43. The summed E-state index contributed by atoms with van der Waals surface area (Å²) in [6.45, 7) is 6.52. The number of carbonyl (C=O) groups is 1. The highest BCUT2D eigenvalue weighted by atomic mass is 32.3. The first-order valence-corrected chi connectivity index (χ1v) is 7.33. The topological polar surface area (TPSA) is 111 Å². The predicted molar refractivity (Wildman–Crippen MR) is 58.3 cm³/mol. The number of nitrogens with two attached hydrogens (primary N) is 1. The molecule has 6 nitrogen and oxygen atoms in total. The van der Waals surface area contributed by atoms with Crippen molar-refractivity contribution in [3.8, 4) is 0 Å². The van der Waals surface area contributed by atoms with E-state index in [9.17, 15) is 21.6 Å².